The molecule has 2 aromatic rings. The van der Waals surface area contributed by atoms with E-state index in [2.05, 4.69) is 19.2 Å². The predicted molar refractivity (Wildman–Crippen MR) is 121 cm³/mol. The molecular formula is C24H27ClN2O4. The summed E-state index contributed by atoms with van der Waals surface area (Å²) in [6.45, 7) is 6.66. The summed E-state index contributed by atoms with van der Waals surface area (Å²) in [4.78, 5) is 27.6. The van der Waals surface area contributed by atoms with Crippen molar-refractivity contribution >= 4 is 29.5 Å². The number of carbonyl (C=O) groups excluding carboxylic acids is 2. The van der Waals surface area contributed by atoms with Crippen LogP contribution in [0.25, 0.3) is 6.08 Å². The van der Waals surface area contributed by atoms with Gasteiger partial charge in [0.25, 0.3) is 11.8 Å². The van der Waals surface area contributed by atoms with Gasteiger partial charge in [-0.1, -0.05) is 37.6 Å². The Balaban J connectivity index is 1.77. The Hall–Kier alpha value is -2.83. The van der Waals surface area contributed by atoms with Crippen molar-refractivity contribution in [1.29, 1.82) is 0 Å². The summed E-state index contributed by atoms with van der Waals surface area (Å²) in [5.74, 6) is 0.502. The van der Waals surface area contributed by atoms with Gasteiger partial charge < -0.3 is 19.7 Å². The number of ether oxygens (including phenoxy) is 2. The monoisotopic (exact) mass is 442 g/mol. The van der Waals surface area contributed by atoms with Crippen LogP contribution in [0.1, 0.15) is 29.8 Å². The summed E-state index contributed by atoms with van der Waals surface area (Å²) in [6.07, 6.45) is 1.66. The molecule has 0 aliphatic carbocycles. The molecule has 0 spiro atoms. The second-order valence-corrected chi connectivity index (χ2v) is 8.13. The van der Waals surface area contributed by atoms with E-state index < -0.39 is 0 Å². The lowest BCUT2D eigenvalue weighted by atomic mass is 10.1. The van der Waals surface area contributed by atoms with Gasteiger partial charge in [0, 0.05) is 23.7 Å². The Morgan fingerprint density at radius 2 is 1.74 bits per heavy atom. The van der Waals surface area contributed by atoms with Crippen molar-refractivity contribution in [2.75, 3.05) is 32.9 Å². The molecule has 3 rings (SSSR count). The molecule has 1 fully saturated rings. The molecule has 1 saturated heterocycles. The van der Waals surface area contributed by atoms with Gasteiger partial charge >= 0.3 is 0 Å². The highest BCUT2D eigenvalue weighted by molar-refractivity contribution is 6.30. The third-order valence-corrected chi connectivity index (χ3v) is 4.91. The summed E-state index contributed by atoms with van der Waals surface area (Å²) in [6, 6.07) is 13.9. The summed E-state index contributed by atoms with van der Waals surface area (Å²) in [5, 5.41) is 3.38. The van der Waals surface area contributed by atoms with Crippen LogP contribution < -0.4 is 10.1 Å². The molecule has 31 heavy (non-hydrogen) atoms. The van der Waals surface area contributed by atoms with Crippen molar-refractivity contribution in [1.82, 2.24) is 10.2 Å². The zero-order valence-corrected chi connectivity index (χ0v) is 18.5. The minimum atomic E-state index is -0.364. The van der Waals surface area contributed by atoms with Crippen LogP contribution >= 0.6 is 11.6 Å². The maximum absolute atomic E-state index is 13.1. The topological polar surface area (TPSA) is 67.9 Å². The molecule has 0 bridgehead atoms. The number of benzene rings is 2. The number of amides is 2. The summed E-state index contributed by atoms with van der Waals surface area (Å²) >= 11 is 5.96. The molecule has 0 saturated carbocycles. The molecule has 1 aliphatic rings. The third kappa shape index (κ3) is 6.84. The lowest BCUT2D eigenvalue weighted by Gasteiger charge is -2.27. The lowest BCUT2D eigenvalue weighted by molar-refractivity contribution is -0.131. The van der Waals surface area contributed by atoms with Crippen LogP contribution in [0.4, 0.5) is 0 Å². The Labute approximate surface area is 187 Å². The van der Waals surface area contributed by atoms with Crippen LogP contribution in [0.5, 0.6) is 5.75 Å². The molecule has 0 aromatic heterocycles. The second kappa shape index (κ2) is 11.0. The smallest absolute Gasteiger partial charge is 0.270 e. The van der Waals surface area contributed by atoms with Gasteiger partial charge in [-0.25, -0.2) is 0 Å². The van der Waals surface area contributed by atoms with E-state index in [1.165, 1.54) is 0 Å². The van der Waals surface area contributed by atoms with Crippen LogP contribution in [0.15, 0.2) is 54.2 Å². The predicted octanol–water partition coefficient (Wildman–Crippen LogP) is 4.00. The highest BCUT2D eigenvalue weighted by Crippen LogP contribution is 2.16. The van der Waals surface area contributed by atoms with Gasteiger partial charge in [0.15, 0.2) is 0 Å². The van der Waals surface area contributed by atoms with Crippen molar-refractivity contribution in [2.24, 2.45) is 5.92 Å². The molecular weight excluding hydrogens is 416 g/mol. The molecule has 0 atom stereocenters. The summed E-state index contributed by atoms with van der Waals surface area (Å²) in [7, 11) is 0. The van der Waals surface area contributed by atoms with Gasteiger partial charge in [-0.05, 0) is 54.0 Å². The number of hydrogen-bond acceptors (Lipinski definition) is 4. The minimum Gasteiger partial charge on any atom is -0.493 e. The maximum atomic E-state index is 13.1. The first kappa shape index (κ1) is 22.8. The van der Waals surface area contributed by atoms with Crippen molar-refractivity contribution < 1.29 is 19.1 Å². The first-order valence-corrected chi connectivity index (χ1v) is 10.7. The molecule has 0 unspecified atom stereocenters. The molecule has 0 radical (unpaired) electrons. The first-order chi connectivity index (χ1) is 14.9. The second-order valence-electron chi connectivity index (χ2n) is 7.70. The highest BCUT2D eigenvalue weighted by atomic mass is 35.5. The average Bonchev–Trinajstić information content (AvgIpc) is 2.79. The Morgan fingerprint density at radius 3 is 2.35 bits per heavy atom. The molecule has 1 heterocycles. The third-order valence-electron chi connectivity index (χ3n) is 4.66. The number of carbonyl (C=O) groups is 2. The molecule has 6 nitrogen and oxygen atoms in total. The first-order valence-electron chi connectivity index (χ1n) is 10.3. The van der Waals surface area contributed by atoms with Gasteiger partial charge in [0.1, 0.15) is 11.4 Å². The van der Waals surface area contributed by atoms with E-state index in [0.717, 1.165) is 5.56 Å². The average molecular weight is 443 g/mol. The molecule has 1 aliphatic heterocycles. The standard InChI is InChI=1S/C24H27ClN2O4/c1-17(2)16-31-21-9-5-19(6-10-21)23(28)26-22(15-18-3-7-20(25)8-4-18)24(29)27-11-13-30-14-12-27/h3-10,15,17H,11-14,16H2,1-2H3,(H,26,28)/b22-15+. The maximum Gasteiger partial charge on any atom is 0.270 e. The highest BCUT2D eigenvalue weighted by Gasteiger charge is 2.22. The van der Waals surface area contributed by atoms with E-state index in [9.17, 15) is 9.59 Å². The van der Waals surface area contributed by atoms with E-state index >= 15 is 0 Å². The number of nitrogens with one attached hydrogen (secondary N) is 1. The van der Waals surface area contributed by atoms with Crippen LogP contribution in [0.2, 0.25) is 5.02 Å². The van der Waals surface area contributed by atoms with Crippen molar-refractivity contribution in [3.63, 3.8) is 0 Å². The quantitative estimate of drug-likeness (QED) is 0.658. The van der Waals surface area contributed by atoms with Crippen LogP contribution in [0.3, 0.4) is 0 Å². The fourth-order valence-electron chi connectivity index (χ4n) is 2.97. The zero-order valence-electron chi connectivity index (χ0n) is 17.8. The van der Waals surface area contributed by atoms with Crippen LogP contribution in [-0.2, 0) is 9.53 Å². The molecule has 2 amide bonds. The Kier molecular flexibility index (Phi) is 8.09. The molecule has 164 valence electrons. The van der Waals surface area contributed by atoms with Gasteiger partial charge in [0.2, 0.25) is 0 Å². The van der Waals surface area contributed by atoms with Gasteiger partial charge in [-0.3, -0.25) is 9.59 Å². The fraction of sp³-hybridized carbons (Fsp3) is 0.333. The zero-order chi connectivity index (χ0) is 22.2. The number of halogens is 1. The Morgan fingerprint density at radius 1 is 1.10 bits per heavy atom. The lowest BCUT2D eigenvalue weighted by Crippen LogP contribution is -2.44. The van der Waals surface area contributed by atoms with E-state index in [-0.39, 0.29) is 17.5 Å². The van der Waals surface area contributed by atoms with Crippen LogP contribution in [-0.4, -0.2) is 49.6 Å². The number of morpholine rings is 1. The number of rotatable bonds is 7. The van der Waals surface area contributed by atoms with Crippen molar-refractivity contribution in [2.45, 2.75) is 13.8 Å². The Bertz CT molecular complexity index is 918. The van der Waals surface area contributed by atoms with E-state index in [1.54, 1.807) is 59.5 Å². The van der Waals surface area contributed by atoms with Gasteiger partial charge in [-0.2, -0.15) is 0 Å². The summed E-state index contributed by atoms with van der Waals surface area (Å²) in [5.41, 5.74) is 1.40. The molecule has 1 N–H and O–H groups in total. The van der Waals surface area contributed by atoms with Crippen molar-refractivity contribution in [3.05, 3.63) is 70.4 Å². The SMILES string of the molecule is CC(C)COc1ccc(C(=O)N/C(=C/c2ccc(Cl)cc2)C(=O)N2CCOCC2)cc1. The minimum absolute atomic E-state index is 0.203. The normalized spacial score (nSPS) is 14.5. The number of hydrogen-bond donors (Lipinski definition) is 1. The summed E-state index contributed by atoms with van der Waals surface area (Å²) < 4.78 is 11.0. The van der Waals surface area contributed by atoms with Crippen molar-refractivity contribution in [3.8, 4) is 5.75 Å². The van der Waals surface area contributed by atoms with Gasteiger partial charge in [-0.15, -0.1) is 0 Å². The van der Waals surface area contributed by atoms with E-state index in [1.807, 2.05) is 0 Å². The fourth-order valence-corrected chi connectivity index (χ4v) is 3.10. The van der Waals surface area contributed by atoms with E-state index in [0.29, 0.717) is 55.2 Å². The molecule has 7 heteroatoms. The number of nitrogens with zero attached hydrogens (tertiary/aromatic N) is 1. The van der Waals surface area contributed by atoms with Crippen LogP contribution in [0, 0.1) is 5.92 Å². The largest absolute Gasteiger partial charge is 0.493 e. The van der Waals surface area contributed by atoms with Gasteiger partial charge in [0.05, 0.1) is 19.8 Å². The van der Waals surface area contributed by atoms with E-state index in [4.69, 9.17) is 21.1 Å². The molecule has 2 aromatic carbocycles.